The zero-order chi connectivity index (χ0) is 31.4. The van der Waals surface area contributed by atoms with Crippen LogP contribution < -0.4 is 25.7 Å². The Morgan fingerprint density at radius 2 is 1.47 bits per heavy atom. The van der Waals surface area contributed by atoms with E-state index in [1.807, 2.05) is 0 Å². The normalized spacial score (nSPS) is 11.2. The molecule has 4 N–H and O–H groups in total. The third-order valence-electron chi connectivity index (χ3n) is 5.52. The van der Waals surface area contributed by atoms with E-state index >= 15 is 0 Å². The number of carbonyl (C=O) groups is 3. The van der Waals surface area contributed by atoms with E-state index in [0.717, 1.165) is 0 Å². The van der Waals surface area contributed by atoms with Gasteiger partial charge in [0.1, 0.15) is 5.75 Å². The van der Waals surface area contributed by atoms with Crippen LogP contribution >= 0.6 is 0 Å². The van der Waals surface area contributed by atoms with Crippen molar-refractivity contribution in [2.75, 3.05) is 38.4 Å². The number of nitrogen functional groups attached to an aromatic ring is 2. The van der Waals surface area contributed by atoms with Gasteiger partial charge in [-0.3, -0.25) is 0 Å². The van der Waals surface area contributed by atoms with Gasteiger partial charge in [0, 0.05) is 23.9 Å². The topological polar surface area (TPSA) is 149 Å². The molecule has 0 fully saturated rings. The van der Waals surface area contributed by atoms with Crippen molar-refractivity contribution in [2.45, 2.75) is 19.0 Å². The van der Waals surface area contributed by atoms with Crippen molar-refractivity contribution in [1.82, 2.24) is 0 Å². The summed E-state index contributed by atoms with van der Waals surface area (Å²) in [6.45, 7) is -0.547. The number of benzene rings is 3. The van der Waals surface area contributed by atoms with Crippen molar-refractivity contribution >= 4 is 35.4 Å². The average molecular weight is 603 g/mol. The Morgan fingerprint density at radius 1 is 0.791 bits per heavy atom. The molecule has 0 bridgehead atoms. The number of hydrogen-bond acceptors (Lipinski definition) is 10. The van der Waals surface area contributed by atoms with E-state index in [-0.39, 0.29) is 48.0 Å². The Kier molecular flexibility index (Phi) is 11.4. The van der Waals surface area contributed by atoms with E-state index in [1.165, 1.54) is 67.8 Å². The minimum absolute atomic E-state index is 0.0237. The Morgan fingerprint density at radius 3 is 2.12 bits per heavy atom. The lowest BCUT2D eigenvalue weighted by molar-refractivity contribution is -0.140. The molecule has 0 radical (unpaired) electrons. The van der Waals surface area contributed by atoms with Crippen LogP contribution in [0.25, 0.3) is 6.08 Å². The van der Waals surface area contributed by atoms with Crippen molar-refractivity contribution in [2.24, 2.45) is 0 Å². The SMILES string of the molecule is COc1cc(C(=O)Oc2ccc(C=CC(=O)OCCCOC(=O)c3cc(N)cc(N)c3)cc2)ccc1OCCC(F)(F)F. The van der Waals surface area contributed by atoms with Crippen LogP contribution in [0.15, 0.2) is 66.7 Å². The number of ether oxygens (including phenoxy) is 5. The summed E-state index contributed by atoms with van der Waals surface area (Å²) in [6.07, 6.45) is -2.49. The number of rotatable bonds is 13. The van der Waals surface area contributed by atoms with Crippen molar-refractivity contribution in [3.63, 3.8) is 0 Å². The molecule has 0 saturated heterocycles. The first-order valence-corrected chi connectivity index (χ1v) is 12.8. The van der Waals surface area contributed by atoms with Crippen molar-refractivity contribution < 1.29 is 51.2 Å². The molecule has 3 rings (SSSR count). The van der Waals surface area contributed by atoms with Gasteiger partial charge in [-0.1, -0.05) is 12.1 Å². The van der Waals surface area contributed by atoms with E-state index in [2.05, 4.69) is 0 Å². The van der Waals surface area contributed by atoms with Crippen LogP contribution in [-0.4, -0.2) is 51.0 Å². The highest BCUT2D eigenvalue weighted by molar-refractivity contribution is 5.92. The molecule has 3 aromatic rings. The highest BCUT2D eigenvalue weighted by Gasteiger charge is 2.27. The number of alkyl halides is 3. The first-order valence-electron chi connectivity index (χ1n) is 12.8. The second kappa shape index (κ2) is 15.1. The number of halogens is 3. The molecule has 0 spiro atoms. The summed E-state index contributed by atoms with van der Waals surface area (Å²) in [5.41, 5.74) is 12.9. The molecule has 0 aliphatic rings. The molecule has 0 atom stereocenters. The zero-order valence-electron chi connectivity index (χ0n) is 23.0. The third kappa shape index (κ3) is 10.9. The van der Waals surface area contributed by atoms with E-state index in [1.54, 1.807) is 12.1 Å². The molecule has 0 amide bonds. The lowest BCUT2D eigenvalue weighted by Crippen LogP contribution is -2.13. The number of methoxy groups -OCH3 is 1. The van der Waals surface area contributed by atoms with Gasteiger partial charge in [0.15, 0.2) is 11.5 Å². The molecule has 228 valence electrons. The number of hydrogen-bond donors (Lipinski definition) is 2. The van der Waals surface area contributed by atoms with E-state index in [0.29, 0.717) is 16.9 Å². The highest BCUT2D eigenvalue weighted by Crippen LogP contribution is 2.30. The quantitative estimate of drug-likeness (QED) is 0.0877. The third-order valence-corrected chi connectivity index (χ3v) is 5.52. The fraction of sp³-hybridized carbons (Fsp3) is 0.233. The Bertz CT molecular complexity index is 1440. The van der Waals surface area contributed by atoms with E-state index < -0.39 is 37.1 Å². The maximum absolute atomic E-state index is 12.5. The predicted octanol–water partition coefficient (Wildman–Crippen LogP) is 5.21. The highest BCUT2D eigenvalue weighted by atomic mass is 19.4. The fourth-order valence-corrected chi connectivity index (χ4v) is 3.49. The Balaban J connectivity index is 1.42. The van der Waals surface area contributed by atoms with Crippen LogP contribution in [0.4, 0.5) is 24.5 Å². The Labute approximate surface area is 244 Å². The molecular weight excluding hydrogens is 573 g/mol. The van der Waals surface area contributed by atoms with Gasteiger partial charge >= 0.3 is 24.1 Å². The van der Waals surface area contributed by atoms with Gasteiger partial charge in [-0.05, 0) is 60.2 Å². The average Bonchev–Trinajstić information content (AvgIpc) is 2.95. The van der Waals surface area contributed by atoms with Crippen LogP contribution in [0, 0.1) is 0 Å². The maximum Gasteiger partial charge on any atom is 0.392 e. The molecule has 0 saturated carbocycles. The second-order valence-electron chi connectivity index (χ2n) is 8.92. The number of carbonyl (C=O) groups excluding carboxylic acids is 3. The lowest BCUT2D eigenvalue weighted by atomic mass is 10.2. The van der Waals surface area contributed by atoms with Crippen molar-refractivity contribution in [1.29, 1.82) is 0 Å². The minimum atomic E-state index is -4.36. The van der Waals surface area contributed by atoms with Crippen LogP contribution in [0.3, 0.4) is 0 Å². The molecule has 13 heteroatoms. The molecule has 0 aliphatic heterocycles. The standard InChI is InChI=1S/C30H29F3N2O8/c1-39-26-17-20(6-9-25(26)40-14-11-30(31,32)33)29(38)43-24-7-3-19(4-8-24)5-10-27(36)41-12-2-13-42-28(37)21-15-22(34)18-23(35)16-21/h3-10,15-18H,2,11-14,34-35H2,1H3. The Hall–Kier alpha value is -5.20. The van der Waals surface area contributed by atoms with Gasteiger partial charge in [-0.2, -0.15) is 13.2 Å². The molecule has 0 aromatic heterocycles. The van der Waals surface area contributed by atoms with Crippen LogP contribution in [0.5, 0.6) is 17.2 Å². The molecular formula is C30H29F3N2O8. The minimum Gasteiger partial charge on any atom is -0.493 e. The second-order valence-corrected chi connectivity index (χ2v) is 8.92. The first-order chi connectivity index (χ1) is 20.4. The molecule has 0 unspecified atom stereocenters. The summed E-state index contributed by atoms with van der Waals surface area (Å²) < 4.78 is 62.8. The predicted molar refractivity (Wildman–Crippen MR) is 151 cm³/mol. The zero-order valence-corrected chi connectivity index (χ0v) is 23.0. The molecule has 10 nitrogen and oxygen atoms in total. The molecule has 43 heavy (non-hydrogen) atoms. The van der Waals surface area contributed by atoms with Crippen LogP contribution in [0.2, 0.25) is 0 Å². The summed E-state index contributed by atoms with van der Waals surface area (Å²) in [7, 11) is 1.29. The molecule has 0 heterocycles. The van der Waals surface area contributed by atoms with Crippen molar-refractivity contribution in [3.8, 4) is 17.2 Å². The van der Waals surface area contributed by atoms with E-state index in [4.69, 9.17) is 35.2 Å². The van der Waals surface area contributed by atoms with Gasteiger partial charge in [0.2, 0.25) is 0 Å². The number of anilines is 2. The molecule has 0 aliphatic carbocycles. The first kappa shape index (κ1) is 32.3. The van der Waals surface area contributed by atoms with Gasteiger partial charge in [-0.25, -0.2) is 14.4 Å². The summed E-state index contributed by atoms with van der Waals surface area (Å²) in [6, 6.07) is 14.6. The number of esters is 3. The maximum atomic E-state index is 12.5. The monoisotopic (exact) mass is 602 g/mol. The van der Waals surface area contributed by atoms with Crippen LogP contribution in [-0.2, 0) is 14.3 Å². The molecule has 3 aromatic carbocycles. The summed E-state index contributed by atoms with van der Waals surface area (Å²) in [5.74, 6) is -1.58. The summed E-state index contributed by atoms with van der Waals surface area (Å²) in [5, 5.41) is 0. The van der Waals surface area contributed by atoms with Gasteiger partial charge in [0.05, 0.1) is 44.5 Å². The smallest absolute Gasteiger partial charge is 0.392 e. The largest absolute Gasteiger partial charge is 0.493 e. The van der Waals surface area contributed by atoms with E-state index in [9.17, 15) is 27.6 Å². The summed E-state index contributed by atoms with van der Waals surface area (Å²) in [4.78, 5) is 36.6. The van der Waals surface area contributed by atoms with Crippen molar-refractivity contribution in [3.05, 3.63) is 83.4 Å². The number of nitrogens with two attached hydrogens (primary N) is 2. The van der Waals surface area contributed by atoms with Crippen LogP contribution in [0.1, 0.15) is 39.1 Å². The lowest BCUT2D eigenvalue weighted by Gasteiger charge is -2.13. The van der Waals surface area contributed by atoms with Gasteiger partial charge in [0.25, 0.3) is 0 Å². The van der Waals surface area contributed by atoms with Gasteiger partial charge < -0.3 is 35.2 Å². The fourth-order valence-electron chi connectivity index (χ4n) is 3.49. The van der Waals surface area contributed by atoms with Gasteiger partial charge in [-0.15, -0.1) is 0 Å². The summed E-state index contributed by atoms with van der Waals surface area (Å²) >= 11 is 0.